The van der Waals surface area contributed by atoms with Crippen LogP contribution in [-0.2, 0) is 0 Å². The second-order valence-corrected chi connectivity index (χ2v) is 3.83. The van der Waals surface area contributed by atoms with Crippen molar-refractivity contribution < 1.29 is 9.13 Å². The van der Waals surface area contributed by atoms with Crippen molar-refractivity contribution in [3.63, 3.8) is 0 Å². The Labute approximate surface area is 99.4 Å². The number of nitrogens with zero attached hydrogens (tertiary/aromatic N) is 2. The average molecular weight is 284 g/mol. The zero-order valence-corrected chi connectivity index (χ0v) is 9.61. The molecule has 2 aromatic rings. The highest BCUT2D eigenvalue weighted by molar-refractivity contribution is 9.10. The molecule has 0 saturated heterocycles. The molecule has 0 atom stereocenters. The van der Waals surface area contributed by atoms with Crippen LogP contribution in [0.25, 0.3) is 0 Å². The Kier molecular flexibility index (Phi) is 3.00. The van der Waals surface area contributed by atoms with Gasteiger partial charge in [0.1, 0.15) is 11.6 Å². The maximum atomic E-state index is 12.8. The van der Waals surface area contributed by atoms with Gasteiger partial charge in [-0.05, 0) is 34.1 Å². The smallest absolute Gasteiger partial charge is 0.322 e. The number of halogens is 2. The Morgan fingerprint density at radius 3 is 2.56 bits per heavy atom. The third-order valence-electron chi connectivity index (χ3n) is 1.74. The standard InChI is InChI=1S/C10H7BrFN3O/c11-8-3-6(12)1-2-9(8)16-10-14-4-7(13)5-15-10/h1-5H,13H2. The van der Waals surface area contributed by atoms with Crippen LogP contribution < -0.4 is 10.5 Å². The molecule has 0 aliphatic rings. The number of anilines is 1. The molecular weight excluding hydrogens is 277 g/mol. The quantitative estimate of drug-likeness (QED) is 0.921. The fourth-order valence-corrected chi connectivity index (χ4v) is 1.47. The summed E-state index contributed by atoms with van der Waals surface area (Å²) in [5, 5.41) is 0. The Morgan fingerprint density at radius 2 is 1.94 bits per heavy atom. The molecule has 0 radical (unpaired) electrons. The maximum Gasteiger partial charge on any atom is 0.322 e. The first-order valence-corrected chi connectivity index (χ1v) is 5.15. The van der Waals surface area contributed by atoms with E-state index in [0.29, 0.717) is 15.9 Å². The second kappa shape index (κ2) is 4.44. The van der Waals surface area contributed by atoms with Gasteiger partial charge in [-0.3, -0.25) is 0 Å². The van der Waals surface area contributed by atoms with Crippen molar-refractivity contribution in [2.75, 3.05) is 5.73 Å². The van der Waals surface area contributed by atoms with Crippen molar-refractivity contribution >= 4 is 21.6 Å². The number of nitrogen functional groups attached to an aromatic ring is 1. The van der Waals surface area contributed by atoms with E-state index in [-0.39, 0.29) is 11.8 Å². The van der Waals surface area contributed by atoms with E-state index in [1.807, 2.05) is 0 Å². The van der Waals surface area contributed by atoms with Gasteiger partial charge < -0.3 is 10.5 Å². The van der Waals surface area contributed by atoms with Crippen LogP contribution in [0.1, 0.15) is 0 Å². The number of benzene rings is 1. The number of ether oxygens (including phenoxy) is 1. The molecule has 16 heavy (non-hydrogen) atoms. The number of hydrogen-bond donors (Lipinski definition) is 1. The van der Waals surface area contributed by atoms with Gasteiger partial charge in [0.05, 0.1) is 22.6 Å². The maximum absolute atomic E-state index is 12.8. The third-order valence-corrected chi connectivity index (χ3v) is 2.36. The fraction of sp³-hybridized carbons (Fsp3) is 0. The SMILES string of the molecule is Nc1cnc(Oc2ccc(F)cc2Br)nc1. The number of aromatic nitrogens is 2. The normalized spacial score (nSPS) is 10.1. The number of rotatable bonds is 2. The van der Waals surface area contributed by atoms with Crippen molar-refractivity contribution in [3.05, 3.63) is 40.9 Å². The highest BCUT2D eigenvalue weighted by atomic mass is 79.9. The molecule has 0 fully saturated rings. The fourth-order valence-electron chi connectivity index (χ4n) is 1.04. The van der Waals surface area contributed by atoms with Crippen LogP contribution in [0, 0.1) is 5.82 Å². The Morgan fingerprint density at radius 1 is 1.25 bits per heavy atom. The van der Waals surface area contributed by atoms with Gasteiger partial charge in [0.15, 0.2) is 0 Å². The van der Waals surface area contributed by atoms with Crippen LogP contribution in [0.4, 0.5) is 10.1 Å². The van der Waals surface area contributed by atoms with Gasteiger partial charge in [0, 0.05) is 0 Å². The molecule has 0 unspecified atom stereocenters. The van der Waals surface area contributed by atoms with Gasteiger partial charge in [-0.1, -0.05) is 0 Å². The van der Waals surface area contributed by atoms with Gasteiger partial charge in [0.25, 0.3) is 0 Å². The lowest BCUT2D eigenvalue weighted by atomic mass is 10.3. The molecule has 0 bridgehead atoms. The molecule has 1 aromatic carbocycles. The van der Waals surface area contributed by atoms with Crippen LogP contribution in [0.15, 0.2) is 35.1 Å². The van der Waals surface area contributed by atoms with E-state index in [0.717, 1.165) is 0 Å². The minimum absolute atomic E-state index is 0.154. The lowest BCUT2D eigenvalue weighted by Gasteiger charge is -2.05. The molecule has 0 aliphatic heterocycles. The molecule has 2 N–H and O–H groups in total. The van der Waals surface area contributed by atoms with Crippen LogP contribution >= 0.6 is 15.9 Å². The van der Waals surface area contributed by atoms with E-state index in [9.17, 15) is 4.39 Å². The molecular formula is C10H7BrFN3O. The number of hydrogen-bond acceptors (Lipinski definition) is 4. The summed E-state index contributed by atoms with van der Waals surface area (Å²) < 4.78 is 18.6. The summed E-state index contributed by atoms with van der Waals surface area (Å²) >= 11 is 3.17. The van der Waals surface area contributed by atoms with E-state index in [1.54, 1.807) is 0 Å². The molecule has 0 aliphatic carbocycles. The minimum atomic E-state index is -0.350. The molecule has 6 heteroatoms. The molecule has 1 aromatic heterocycles. The highest BCUT2D eigenvalue weighted by Crippen LogP contribution is 2.28. The molecule has 82 valence electrons. The van der Waals surface area contributed by atoms with Crippen molar-refractivity contribution in [1.82, 2.24) is 9.97 Å². The zero-order valence-electron chi connectivity index (χ0n) is 8.02. The molecule has 1 heterocycles. The van der Waals surface area contributed by atoms with Crippen LogP contribution in [0.5, 0.6) is 11.8 Å². The summed E-state index contributed by atoms with van der Waals surface area (Å²) in [4.78, 5) is 7.73. The van der Waals surface area contributed by atoms with Gasteiger partial charge in [-0.2, -0.15) is 0 Å². The van der Waals surface area contributed by atoms with E-state index < -0.39 is 0 Å². The summed E-state index contributed by atoms with van der Waals surface area (Å²) in [5.41, 5.74) is 5.88. The summed E-state index contributed by atoms with van der Waals surface area (Å²) in [6, 6.07) is 4.23. The molecule has 0 spiro atoms. The summed E-state index contributed by atoms with van der Waals surface area (Å²) in [6.45, 7) is 0. The first kappa shape index (κ1) is 10.8. The van der Waals surface area contributed by atoms with Crippen LogP contribution in [-0.4, -0.2) is 9.97 Å². The summed E-state index contributed by atoms with van der Waals surface area (Å²) in [7, 11) is 0. The van der Waals surface area contributed by atoms with E-state index in [2.05, 4.69) is 25.9 Å². The molecule has 4 nitrogen and oxygen atoms in total. The molecule has 2 rings (SSSR count). The largest absolute Gasteiger partial charge is 0.423 e. The molecule has 0 saturated carbocycles. The van der Waals surface area contributed by atoms with Gasteiger partial charge in [-0.25, -0.2) is 14.4 Å². The Hall–Kier alpha value is -1.69. The monoisotopic (exact) mass is 283 g/mol. The van der Waals surface area contributed by atoms with E-state index in [1.165, 1.54) is 30.6 Å². The van der Waals surface area contributed by atoms with Crippen molar-refractivity contribution in [2.24, 2.45) is 0 Å². The molecule has 0 amide bonds. The Balaban J connectivity index is 2.23. The van der Waals surface area contributed by atoms with Gasteiger partial charge >= 0.3 is 6.01 Å². The Bertz CT molecular complexity index is 504. The highest BCUT2D eigenvalue weighted by Gasteiger charge is 2.05. The third kappa shape index (κ3) is 2.46. The first-order valence-electron chi connectivity index (χ1n) is 4.35. The lowest BCUT2D eigenvalue weighted by Crippen LogP contribution is -1.94. The lowest BCUT2D eigenvalue weighted by molar-refractivity contribution is 0.438. The van der Waals surface area contributed by atoms with E-state index >= 15 is 0 Å². The van der Waals surface area contributed by atoms with Crippen molar-refractivity contribution in [2.45, 2.75) is 0 Å². The van der Waals surface area contributed by atoms with Gasteiger partial charge in [0.2, 0.25) is 0 Å². The minimum Gasteiger partial charge on any atom is -0.423 e. The first-order chi connectivity index (χ1) is 7.65. The van der Waals surface area contributed by atoms with Crippen LogP contribution in [0.2, 0.25) is 0 Å². The van der Waals surface area contributed by atoms with Crippen molar-refractivity contribution in [1.29, 1.82) is 0 Å². The topological polar surface area (TPSA) is 61.0 Å². The second-order valence-electron chi connectivity index (χ2n) is 2.98. The number of nitrogens with two attached hydrogens (primary N) is 1. The van der Waals surface area contributed by atoms with Gasteiger partial charge in [-0.15, -0.1) is 0 Å². The van der Waals surface area contributed by atoms with E-state index in [4.69, 9.17) is 10.5 Å². The summed E-state index contributed by atoms with van der Waals surface area (Å²) in [6.07, 6.45) is 2.86. The van der Waals surface area contributed by atoms with Crippen LogP contribution in [0.3, 0.4) is 0 Å². The zero-order chi connectivity index (χ0) is 11.5. The average Bonchev–Trinajstić information content (AvgIpc) is 2.25. The predicted molar refractivity (Wildman–Crippen MR) is 60.6 cm³/mol. The van der Waals surface area contributed by atoms with Crippen molar-refractivity contribution in [3.8, 4) is 11.8 Å². The predicted octanol–water partition coefficient (Wildman–Crippen LogP) is 2.75. The summed E-state index contributed by atoms with van der Waals surface area (Å²) in [5.74, 6) is 0.0867.